The van der Waals surface area contributed by atoms with Crippen molar-refractivity contribution in [2.75, 3.05) is 13.1 Å². The standard InChI is InChI=1S/C19H23N5O3/c1-13-11-16(27-22-13)18(25)23-9-7-15(8-10-23)17-20-21-19(26)24(17)12-14-5-3-2-4-6-14/h2-6,15-16H,7-12H2,1H3,(H,21,26)/t16-/m0/s1. The summed E-state index contributed by atoms with van der Waals surface area (Å²) in [5, 5.41) is 10.7. The van der Waals surface area contributed by atoms with Crippen LogP contribution in [0, 0.1) is 0 Å². The van der Waals surface area contributed by atoms with Crippen molar-refractivity contribution in [3.63, 3.8) is 0 Å². The van der Waals surface area contributed by atoms with E-state index in [9.17, 15) is 9.59 Å². The van der Waals surface area contributed by atoms with E-state index in [0.717, 1.165) is 29.9 Å². The lowest BCUT2D eigenvalue weighted by Crippen LogP contribution is -2.44. The first-order valence-corrected chi connectivity index (χ1v) is 9.29. The third kappa shape index (κ3) is 3.65. The smallest absolute Gasteiger partial charge is 0.343 e. The molecular weight excluding hydrogens is 346 g/mol. The summed E-state index contributed by atoms with van der Waals surface area (Å²) < 4.78 is 1.70. The van der Waals surface area contributed by atoms with Crippen LogP contribution in [-0.2, 0) is 16.2 Å². The average Bonchev–Trinajstić information content (AvgIpc) is 3.29. The zero-order valence-corrected chi connectivity index (χ0v) is 15.3. The Hall–Kier alpha value is -2.90. The molecule has 1 saturated heterocycles. The summed E-state index contributed by atoms with van der Waals surface area (Å²) in [6.07, 6.45) is 1.63. The molecule has 1 atom stereocenters. The van der Waals surface area contributed by atoms with Gasteiger partial charge in [-0.25, -0.2) is 9.89 Å². The summed E-state index contributed by atoms with van der Waals surface area (Å²) in [6.45, 7) is 3.63. The third-order valence-corrected chi connectivity index (χ3v) is 5.24. The van der Waals surface area contributed by atoms with Crippen molar-refractivity contribution in [3.05, 3.63) is 52.2 Å². The van der Waals surface area contributed by atoms with Crippen LogP contribution in [0.2, 0.25) is 0 Å². The maximum atomic E-state index is 12.6. The molecule has 0 saturated carbocycles. The largest absolute Gasteiger partial charge is 0.382 e. The Morgan fingerprint density at radius 1 is 1.26 bits per heavy atom. The van der Waals surface area contributed by atoms with Gasteiger partial charge in [-0.1, -0.05) is 35.5 Å². The van der Waals surface area contributed by atoms with Gasteiger partial charge in [0.2, 0.25) is 6.10 Å². The van der Waals surface area contributed by atoms with Gasteiger partial charge in [0.25, 0.3) is 5.91 Å². The minimum atomic E-state index is -0.483. The van der Waals surface area contributed by atoms with Gasteiger partial charge in [0.1, 0.15) is 5.82 Å². The molecule has 1 aromatic heterocycles. The summed E-state index contributed by atoms with van der Waals surface area (Å²) >= 11 is 0. The monoisotopic (exact) mass is 369 g/mol. The van der Waals surface area contributed by atoms with Crippen LogP contribution < -0.4 is 5.69 Å². The maximum Gasteiger partial charge on any atom is 0.343 e. The van der Waals surface area contributed by atoms with Crippen LogP contribution in [0.1, 0.15) is 43.5 Å². The van der Waals surface area contributed by atoms with Crippen molar-refractivity contribution in [1.82, 2.24) is 19.7 Å². The Morgan fingerprint density at radius 3 is 2.67 bits per heavy atom. The van der Waals surface area contributed by atoms with Crippen molar-refractivity contribution >= 4 is 11.6 Å². The Morgan fingerprint density at radius 2 is 2.00 bits per heavy atom. The van der Waals surface area contributed by atoms with E-state index in [-0.39, 0.29) is 17.5 Å². The minimum absolute atomic E-state index is 0.00208. The van der Waals surface area contributed by atoms with Gasteiger partial charge in [0, 0.05) is 25.4 Å². The van der Waals surface area contributed by atoms with Crippen molar-refractivity contribution in [2.24, 2.45) is 5.16 Å². The van der Waals surface area contributed by atoms with E-state index >= 15 is 0 Å². The molecule has 8 nitrogen and oxygen atoms in total. The number of hydrogen-bond acceptors (Lipinski definition) is 5. The van der Waals surface area contributed by atoms with Crippen LogP contribution in [0.4, 0.5) is 0 Å². The van der Waals surface area contributed by atoms with Gasteiger partial charge in [-0.2, -0.15) is 5.10 Å². The summed E-state index contributed by atoms with van der Waals surface area (Å²) in [7, 11) is 0. The summed E-state index contributed by atoms with van der Waals surface area (Å²) in [5.41, 5.74) is 1.72. The molecule has 27 heavy (non-hydrogen) atoms. The highest BCUT2D eigenvalue weighted by Crippen LogP contribution is 2.27. The van der Waals surface area contributed by atoms with Gasteiger partial charge in [0.05, 0.1) is 12.3 Å². The Balaban J connectivity index is 1.41. The number of carbonyl (C=O) groups excluding carboxylic acids is 1. The molecule has 2 aliphatic heterocycles. The molecule has 1 N–H and O–H groups in total. The number of carbonyl (C=O) groups is 1. The second kappa shape index (κ2) is 7.38. The number of rotatable bonds is 4. The van der Waals surface area contributed by atoms with E-state index < -0.39 is 6.10 Å². The molecule has 2 aliphatic rings. The van der Waals surface area contributed by atoms with Gasteiger partial charge in [-0.15, -0.1) is 0 Å². The maximum absolute atomic E-state index is 12.6. The summed E-state index contributed by atoms with van der Waals surface area (Å²) in [4.78, 5) is 31.8. The molecule has 0 unspecified atom stereocenters. The highest BCUT2D eigenvalue weighted by Gasteiger charge is 2.34. The first-order chi connectivity index (χ1) is 13.1. The number of hydrogen-bond donors (Lipinski definition) is 1. The molecule has 1 amide bonds. The molecule has 4 rings (SSSR count). The fraction of sp³-hybridized carbons (Fsp3) is 0.474. The van der Waals surface area contributed by atoms with E-state index in [1.807, 2.05) is 42.2 Å². The molecule has 2 aromatic rings. The zero-order chi connectivity index (χ0) is 18.8. The number of oxime groups is 1. The number of benzene rings is 1. The Kier molecular flexibility index (Phi) is 4.79. The van der Waals surface area contributed by atoms with Crippen molar-refractivity contribution in [3.8, 4) is 0 Å². The molecule has 0 spiro atoms. The highest BCUT2D eigenvalue weighted by atomic mass is 16.6. The fourth-order valence-electron chi connectivity index (χ4n) is 3.75. The topological polar surface area (TPSA) is 92.6 Å². The predicted molar refractivity (Wildman–Crippen MR) is 99.5 cm³/mol. The van der Waals surface area contributed by atoms with E-state index in [0.29, 0.717) is 26.1 Å². The van der Waals surface area contributed by atoms with Crippen LogP contribution in [0.3, 0.4) is 0 Å². The van der Waals surface area contributed by atoms with Gasteiger partial charge < -0.3 is 9.74 Å². The first kappa shape index (κ1) is 17.5. The van der Waals surface area contributed by atoms with Gasteiger partial charge >= 0.3 is 5.69 Å². The third-order valence-electron chi connectivity index (χ3n) is 5.24. The molecular formula is C19H23N5O3. The average molecular weight is 369 g/mol. The highest BCUT2D eigenvalue weighted by molar-refractivity contribution is 5.91. The van der Waals surface area contributed by atoms with Crippen molar-refractivity contribution < 1.29 is 9.63 Å². The number of amides is 1. The van der Waals surface area contributed by atoms with Crippen molar-refractivity contribution in [1.29, 1.82) is 0 Å². The SMILES string of the molecule is CC1=NO[C@H](C(=O)N2CCC(c3n[nH]c(=O)n3Cc3ccccc3)CC2)C1. The molecule has 3 heterocycles. The van der Waals surface area contributed by atoms with E-state index in [2.05, 4.69) is 15.4 Å². The minimum Gasteiger partial charge on any atom is -0.382 e. The van der Waals surface area contributed by atoms with Gasteiger partial charge in [0.15, 0.2) is 0 Å². The lowest BCUT2D eigenvalue weighted by Gasteiger charge is -2.32. The van der Waals surface area contributed by atoms with Crippen LogP contribution in [0.15, 0.2) is 40.3 Å². The molecule has 1 fully saturated rings. The number of piperidine rings is 1. The molecule has 0 bridgehead atoms. The predicted octanol–water partition coefficient (Wildman–Crippen LogP) is 1.49. The van der Waals surface area contributed by atoms with Gasteiger partial charge in [-0.3, -0.25) is 9.36 Å². The molecule has 8 heteroatoms. The Labute approximate surface area is 156 Å². The number of aromatic nitrogens is 3. The second-order valence-corrected chi connectivity index (χ2v) is 7.18. The van der Waals surface area contributed by atoms with Crippen molar-refractivity contribution in [2.45, 2.75) is 44.8 Å². The quantitative estimate of drug-likeness (QED) is 0.884. The first-order valence-electron chi connectivity index (χ1n) is 9.29. The van der Waals surface area contributed by atoms with Crippen LogP contribution >= 0.6 is 0 Å². The normalized spacial score (nSPS) is 20.4. The van der Waals surface area contributed by atoms with Gasteiger partial charge in [-0.05, 0) is 25.3 Å². The van der Waals surface area contributed by atoms with E-state index in [4.69, 9.17) is 4.84 Å². The molecule has 0 aliphatic carbocycles. The second-order valence-electron chi connectivity index (χ2n) is 7.18. The number of nitrogens with one attached hydrogen (secondary N) is 1. The molecule has 142 valence electrons. The summed E-state index contributed by atoms with van der Waals surface area (Å²) in [5.74, 6) is 0.921. The van der Waals surface area contributed by atoms with Crippen LogP contribution in [-0.4, -0.2) is 50.5 Å². The summed E-state index contributed by atoms with van der Waals surface area (Å²) in [6, 6.07) is 9.86. The fourth-order valence-corrected chi connectivity index (χ4v) is 3.75. The molecule has 1 aromatic carbocycles. The van der Waals surface area contributed by atoms with Crippen LogP contribution in [0.5, 0.6) is 0 Å². The number of aromatic amines is 1. The zero-order valence-electron chi connectivity index (χ0n) is 15.3. The van der Waals surface area contributed by atoms with Crippen LogP contribution in [0.25, 0.3) is 0 Å². The molecule has 0 radical (unpaired) electrons. The lowest BCUT2D eigenvalue weighted by atomic mass is 9.95. The van der Waals surface area contributed by atoms with E-state index in [1.54, 1.807) is 4.57 Å². The number of likely N-dealkylation sites (tertiary alicyclic amines) is 1. The number of nitrogens with zero attached hydrogens (tertiary/aromatic N) is 4. The number of H-pyrrole nitrogens is 1. The lowest BCUT2D eigenvalue weighted by molar-refractivity contribution is -0.143. The Bertz CT molecular complexity index is 894. The van der Waals surface area contributed by atoms with E-state index in [1.165, 1.54) is 0 Å².